The molecule has 13 nitrogen and oxygen atoms in total. The maximum atomic E-state index is 13.3. The number of carbonyl (C=O) groups excluding carboxylic acids is 2. The van der Waals surface area contributed by atoms with Crippen molar-refractivity contribution in [2.75, 3.05) is 32.0 Å². The fourth-order valence-electron chi connectivity index (χ4n) is 4.00. The van der Waals surface area contributed by atoms with Crippen LogP contribution in [0.25, 0.3) is 11.0 Å². The van der Waals surface area contributed by atoms with Crippen molar-refractivity contribution >= 4 is 38.6 Å². The molecule has 0 bridgehead atoms. The Bertz CT molecular complexity index is 1740. The van der Waals surface area contributed by atoms with Gasteiger partial charge in [-0.2, -0.15) is 5.10 Å². The van der Waals surface area contributed by atoms with E-state index in [1.54, 1.807) is 41.2 Å². The smallest absolute Gasteiger partial charge is 0.295 e. The number of methoxy groups -OCH3 is 2. The van der Waals surface area contributed by atoms with Crippen molar-refractivity contribution in [3.8, 4) is 23.8 Å². The Hall–Kier alpha value is -5.03. The second-order valence-electron chi connectivity index (χ2n) is 8.73. The van der Waals surface area contributed by atoms with Gasteiger partial charge in [-0.05, 0) is 47.7 Å². The standard InChI is InChI=1S/C27H28N6O7S/c1-5-17-7-8-20(38-3)23(13-17)41(36,37)32-26-25-21(39-4)11-18(12-22(25)40-31-26)15-33-16-19(14-30-33)27(35)29-10-9-28-24(34)6-2/h2,7-8,11-14,16H,5,9-10,15H2,1,3-4H3,(H,28,34)(H,29,35)(H,31,32). The molecule has 14 heteroatoms. The zero-order chi connectivity index (χ0) is 29.6. The van der Waals surface area contributed by atoms with Gasteiger partial charge in [-0.1, -0.05) is 18.1 Å². The highest BCUT2D eigenvalue weighted by Crippen LogP contribution is 2.36. The molecule has 0 aliphatic rings. The van der Waals surface area contributed by atoms with Crippen LogP contribution in [0.2, 0.25) is 0 Å². The fourth-order valence-corrected chi connectivity index (χ4v) is 5.23. The van der Waals surface area contributed by atoms with Gasteiger partial charge in [0.1, 0.15) is 21.8 Å². The Kier molecular flexibility index (Phi) is 8.78. The van der Waals surface area contributed by atoms with Crippen molar-refractivity contribution in [3.63, 3.8) is 0 Å². The summed E-state index contributed by atoms with van der Waals surface area (Å²) in [6.45, 7) is 2.56. The van der Waals surface area contributed by atoms with E-state index in [1.807, 2.05) is 12.8 Å². The van der Waals surface area contributed by atoms with Gasteiger partial charge >= 0.3 is 0 Å². The molecule has 2 aromatic heterocycles. The van der Waals surface area contributed by atoms with Crippen molar-refractivity contribution in [3.05, 3.63) is 59.4 Å². The average Bonchev–Trinajstić information content (AvgIpc) is 3.61. The number of benzene rings is 2. The lowest BCUT2D eigenvalue weighted by molar-refractivity contribution is -0.115. The lowest BCUT2D eigenvalue weighted by atomic mass is 10.1. The third-order valence-electron chi connectivity index (χ3n) is 6.04. The van der Waals surface area contributed by atoms with E-state index in [1.165, 1.54) is 20.4 Å². The van der Waals surface area contributed by atoms with E-state index in [-0.39, 0.29) is 47.6 Å². The van der Waals surface area contributed by atoms with Crippen molar-refractivity contribution in [2.45, 2.75) is 24.8 Å². The van der Waals surface area contributed by atoms with Crippen LogP contribution in [0.15, 0.2) is 52.1 Å². The zero-order valence-electron chi connectivity index (χ0n) is 22.6. The third-order valence-corrected chi connectivity index (χ3v) is 7.40. The highest BCUT2D eigenvalue weighted by molar-refractivity contribution is 7.92. The third kappa shape index (κ3) is 6.59. The highest BCUT2D eigenvalue weighted by atomic mass is 32.2. The largest absolute Gasteiger partial charge is 0.496 e. The number of nitrogens with one attached hydrogen (secondary N) is 3. The van der Waals surface area contributed by atoms with E-state index in [2.05, 4.69) is 25.6 Å². The number of sulfonamides is 1. The van der Waals surface area contributed by atoms with Crippen molar-refractivity contribution in [1.29, 1.82) is 0 Å². The lowest BCUT2D eigenvalue weighted by Gasteiger charge is -2.12. The van der Waals surface area contributed by atoms with E-state index in [0.717, 1.165) is 5.56 Å². The van der Waals surface area contributed by atoms with Gasteiger partial charge in [0.15, 0.2) is 11.4 Å². The van der Waals surface area contributed by atoms with Crippen LogP contribution in [-0.4, -0.2) is 62.5 Å². The summed E-state index contributed by atoms with van der Waals surface area (Å²) in [6, 6.07) is 8.33. The summed E-state index contributed by atoms with van der Waals surface area (Å²) in [4.78, 5) is 23.4. The number of nitrogens with zero attached hydrogens (tertiary/aromatic N) is 3. The number of anilines is 1. The molecule has 0 fully saturated rings. The van der Waals surface area contributed by atoms with Gasteiger partial charge in [-0.15, -0.1) is 6.42 Å². The van der Waals surface area contributed by atoms with Crippen LogP contribution in [0, 0.1) is 12.3 Å². The minimum Gasteiger partial charge on any atom is -0.496 e. The maximum absolute atomic E-state index is 13.3. The molecule has 4 aromatic rings. The highest BCUT2D eigenvalue weighted by Gasteiger charge is 2.25. The Morgan fingerprint density at radius 3 is 2.54 bits per heavy atom. The first-order chi connectivity index (χ1) is 19.7. The molecule has 3 N–H and O–H groups in total. The van der Waals surface area contributed by atoms with Gasteiger partial charge < -0.3 is 24.6 Å². The molecule has 0 saturated heterocycles. The molecule has 2 heterocycles. The molecule has 0 atom stereocenters. The quantitative estimate of drug-likeness (QED) is 0.168. The molecule has 2 amide bonds. The topological polar surface area (TPSA) is 167 Å². The normalized spacial score (nSPS) is 11.1. The lowest BCUT2D eigenvalue weighted by Crippen LogP contribution is -2.34. The molecule has 2 aromatic carbocycles. The SMILES string of the molecule is C#CC(=O)NCCNC(=O)c1cnn(Cc2cc(OC)c3c(NS(=O)(=O)c4cc(CC)ccc4OC)noc3c2)c1. The number of aryl methyl sites for hydroxylation is 1. The monoisotopic (exact) mass is 580 g/mol. The fraction of sp³-hybridized carbons (Fsp3) is 0.259. The van der Waals surface area contributed by atoms with Crippen LogP contribution < -0.4 is 24.8 Å². The van der Waals surface area contributed by atoms with E-state index >= 15 is 0 Å². The van der Waals surface area contributed by atoms with Crippen LogP contribution in [0.5, 0.6) is 11.5 Å². The minimum atomic E-state index is -4.09. The summed E-state index contributed by atoms with van der Waals surface area (Å²) >= 11 is 0. The molecule has 0 saturated carbocycles. The second kappa shape index (κ2) is 12.4. The first-order valence-electron chi connectivity index (χ1n) is 12.4. The van der Waals surface area contributed by atoms with Crippen LogP contribution in [0.4, 0.5) is 5.82 Å². The first-order valence-corrected chi connectivity index (χ1v) is 13.9. The number of amides is 2. The van der Waals surface area contributed by atoms with Gasteiger partial charge in [-0.25, -0.2) is 8.42 Å². The molecule has 214 valence electrons. The summed E-state index contributed by atoms with van der Waals surface area (Å²) in [5.41, 5.74) is 2.13. The maximum Gasteiger partial charge on any atom is 0.295 e. The van der Waals surface area contributed by atoms with Gasteiger partial charge in [-0.3, -0.25) is 19.0 Å². The van der Waals surface area contributed by atoms with Gasteiger partial charge in [0.05, 0.1) is 32.5 Å². The number of carbonyl (C=O) groups is 2. The molecule has 0 aliphatic heterocycles. The Morgan fingerprint density at radius 2 is 1.83 bits per heavy atom. The first kappa shape index (κ1) is 29.0. The number of ether oxygens (including phenoxy) is 2. The predicted octanol–water partition coefficient (Wildman–Crippen LogP) is 1.93. The average molecular weight is 581 g/mol. The molecule has 0 unspecified atom stereocenters. The summed E-state index contributed by atoms with van der Waals surface area (Å²) in [5.74, 6) is 1.48. The van der Waals surface area contributed by atoms with Gasteiger partial charge in [0, 0.05) is 19.3 Å². The number of fused-ring (bicyclic) bond motifs is 1. The minimum absolute atomic E-state index is 0.0260. The number of hydrogen-bond donors (Lipinski definition) is 3. The number of terminal acetylenes is 1. The summed E-state index contributed by atoms with van der Waals surface area (Å²) in [5, 5.41) is 13.6. The molecule has 0 aliphatic carbocycles. The molecule has 41 heavy (non-hydrogen) atoms. The van der Waals surface area contributed by atoms with E-state index < -0.39 is 15.9 Å². The van der Waals surface area contributed by atoms with Crippen LogP contribution in [0.1, 0.15) is 28.4 Å². The molecule has 0 spiro atoms. The summed E-state index contributed by atoms with van der Waals surface area (Å²) in [7, 11) is -1.25. The Labute approximate surface area is 236 Å². The van der Waals surface area contributed by atoms with Crippen LogP contribution >= 0.6 is 0 Å². The van der Waals surface area contributed by atoms with Crippen molar-refractivity contribution in [2.24, 2.45) is 0 Å². The molecule has 0 radical (unpaired) electrons. The molecule has 4 rings (SSSR count). The van der Waals surface area contributed by atoms with Crippen LogP contribution in [0.3, 0.4) is 0 Å². The number of aromatic nitrogens is 3. The second-order valence-corrected chi connectivity index (χ2v) is 10.4. The van der Waals surface area contributed by atoms with Gasteiger partial charge in [0.2, 0.25) is 0 Å². The Balaban J connectivity index is 1.52. The zero-order valence-corrected chi connectivity index (χ0v) is 23.4. The number of hydrogen-bond acceptors (Lipinski definition) is 9. The van der Waals surface area contributed by atoms with E-state index in [0.29, 0.717) is 28.7 Å². The van der Waals surface area contributed by atoms with Crippen molar-refractivity contribution in [1.82, 2.24) is 25.6 Å². The Morgan fingerprint density at radius 1 is 1.07 bits per heavy atom. The predicted molar refractivity (Wildman–Crippen MR) is 149 cm³/mol. The van der Waals surface area contributed by atoms with E-state index in [9.17, 15) is 18.0 Å². The summed E-state index contributed by atoms with van der Waals surface area (Å²) in [6.07, 6.45) is 8.59. The summed E-state index contributed by atoms with van der Waals surface area (Å²) < 4.78 is 46.9. The van der Waals surface area contributed by atoms with Crippen molar-refractivity contribution < 1.29 is 32.0 Å². The molecular formula is C27H28N6O7S. The van der Waals surface area contributed by atoms with E-state index in [4.69, 9.17) is 20.4 Å². The van der Waals surface area contributed by atoms with Crippen LogP contribution in [-0.2, 0) is 27.8 Å². The number of rotatable bonds is 12. The molecular weight excluding hydrogens is 552 g/mol. The van der Waals surface area contributed by atoms with Gasteiger partial charge in [0.25, 0.3) is 21.8 Å².